The first-order chi connectivity index (χ1) is 8.42. The normalized spacial score (nSPS) is 16.2. The molecule has 0 aromatic heterocycles. The lowest BCUT2D eigenvalue weighted by molar-refractivity contribution is -0.115. The summed E-state index contributed by atoms with van der Waals surface area (Å²) in [4.78, 5) is 11.4. The Kier molecular flexibility index (Phi) is 3.41. The van der Waals surface area contributed by atoms with E-state index in [1.54, 1.807) is 12.1 Å². The highest BCUT2D eigenvalue weighted by Gasteiger charge is 2.22. The van der Waals surface area contributed by atoms with Gasteiger partial charge in [-0.15, -0.1) is 0 Å². The standard InChI is InChI=1S/C12H16N2O3S/c1-3-8(2)14-18(16,17)10-4-5-11-9(6-10)7-12(15)13-11/h4-6,8,14H,3,7H2,1-2H3,(H,13,15). The lowest BCUT2D eigenvalue weighted by atomic mass is 10.2. The van der Waals surface area contributed by atoms with E-state index in [1.807, 2.05) is 13.8 Å². The van der Waals surface area contributed by atoms with Gasteiger partial charge in [0.05, 0.1) is 11.3 Å². The van der Waals surface area contributed by atoms with Crippen molar-refractivity contribution < 1.29 is 13.2 Å². The molecule has 1 atom stereocenters. The molecule has 0 bridgehead atoms. The van der Waals surface area contributed by atoms with Gasteiger partial charge >= 0.3 is 0 Å². The molecule has 1 aromatic rings. The molecule has 2 rings (SSSR count). The average molecular weight is 268 g/mol. The summed E-state index contributed by atoms with van der Waals surface area (Å²) >= 11 is 0. The number of sulfonamides is 1. The third-order valence-corrected chi connectivity index (χ3v) is 4.57. The minimum Gasteiger partial charge on any atom is -0.326 e. The number of rotatable bonds is 4. The summed E-state index contributed by atoms with van der Waals surface area (Å²) in [6.07, 6.45) is 0.965. The molecule has 0 aliphatic carbocycles. The van der Waals surface area contributed by atoms with Crippen LogP contribution in [-0.2, 0) is 21.2 Å². The molecule has 0 saturated heterocycles. The lowest BCUT2D eigenvalue weighted by Gasteiger charge is -2.12. The largest absolute Gasteiger partial charge is 0.326 e. The second-order valence-corrected chi connectivity index (χ2v) is 6.19. The van der Waals surface area contributed by atoms with Gasteiger partial charge in [0.15, 0.2) is 0 Å². The Morgan fingerprint density at radius 1 is 1.44 bits per heavy atom. The Morgan fingerprint density at radius 2 is 2.17 bits per heavy atom. The summed E-state index contributed by atoms with van der Waals surface area (Å²) < 4.78 is 26.7. The molecule has 1 unspecified atom stereocenters. The van der Waals surface area contributed by atoms with Crippen molar-refractivity contribution in [1.29, 1.82) is 0 Å². The van der Waals surface area contributed by atoms with Gasteiger partial charge in [0.2, 0.25) is 15.9 Å². The molecule has 18 heavy (non-hydrogen) atoms. The summed E-state index contributed by atoms with van der Waals surface area (Å²) in [6, 6.07) is 4.58. The van der Waals surface area contributed by atoms with E-state index < -0.39 is 10.0 Å². The molecular weight excluding hydrogens is 252 g/mol. The van der Waals surface area contributed by atoms with Crippen molar-refractivity contribution in [2.45, 2.75) is 37.6 Å². The third-order valence-electron chi connectivity index (χ3n) is 2.98. The van der Waals surface area contributed by atoms with Gasteiger partial charge in [-0.1, -0.05) is 6.92 Å². The summed E-state index contributed by atoms with van der Waals surface area (Å²) in [5.74, 6) is -0.102. The summed E-state index contributed by atoms with van der Waals surface area (Å²) in [7, 11) is -3.50. The maximum atomic E-state index is 12.1. The molecule has 1 heterocycles. The van der Waals surface area contributed by atoms with Crippen LogP contribution in [0.2, 0.25) is 0 Å². The topological polar surface area (TPSA) is 75.3 Å². The van der Waals surface area contributed by atoms with Crippen LogP contribution in [-0.4, -0.2) is 20.4 Å². The van der Waals surface area contributed by atoms with Gasteiger partial charge in [-0.2, -0.15) is 0 Å². The summed E-state index contributed by atoms with van der Waals surface area (Å²) in [6.45, 7) is 3.73. The predicted octanol–water partition coefficient (Wildman–Crippen LogP) is 1.26. The van der Waals surface area contributed by atoms with Gasteiger partial charge in [0.1, 0.15) is 0 Å². The number of hydrogen-bond donors (Lipinski definition) is 2. The molecule has 1 aliphatic heterocycles. The minimum atomic E-state index is -3.50. The van der Waals surface area contributed by atoms with Crippen LogP contribution in [0.5, 0.6) is 0 Å². The first kappa shape index (κ1) is 13.0. The monoisotopic (exact) mass is 268 g/mol. The van der Waals surface area contributed by atoms with Gasteiger partial charge < -0.3 is 5.32 Å². The van der Waals surface area contributed by atoms with Crippen LogP contribution in [0.4, 0.5) is 5.69 Å². The highest BCUT2D eigenvalue weighted by Crippen LogP contribution is 2.25. The van der Waals surface area contributed by atoms with Gasteiger partial charge in [-0.25, -0.2) is 13.1 Å². The number of benzene rings is 1. The second kappa shape index (κ2) is 4.70. The van der Waals surface area contributed by atoms with E-state index in [0.717, 1.165) is 12.0 Å². The minimum absolute atomic E-state index is 0.102. The van der Waals surface area contributed by atoms with E-state index in [2.05, 4.69) is 10.0 Å². The van der Waals surface area contributed by atoms with Crippen molar-refractivity contribution in [2.75, 3.05) is 5.32 Å². The first-order valence-electron chi connectivity index (χ1n) is 5.87. The molecule has 0 radical (unpaired) electrons. The van der Waals surface area contributed by atoms with Crippen molar-refractivity contribution in [3.05, 3.63) is 23.8 Å². The SMILES string of the molecule is CCC(C)NS(=O)(=O)c1ccc2c(c1)CC(=O)N2. The molecule has 0 spiro atoms. The molecule has 1 aromatic carbocycles. The number of nitrogens with one attached hydrogen (secondary N) is 2. The molecule has 98 valence electrons. The Balaban J connectivity index is 2.30. The van der Waals surface area contributed by atoms with Crippen LogP contribution < -0.4 is 10.0 Å². The Hall–Kier alpha value is -1.40. The van der Waals surface area contributed by atoms with E-state index in [9.17, 15) is 13.2 Å². The molecule has 1 amide bonds. The predicted molar refractivity (Wildman–Crippen MR) is 68.9 cm³/mol. The van der Waals surface area contributed by atoms with Crippen LogP contribution in [0.25, 0.3) is 0 Å². The van der Waals surface area contributed by atoms with E-state index in [-0.39, 0.29) is 23.3 Å². The number of anilines is 1. The lowest BCUT2D eigenvalue weighted by Crippen LogP contribution is -2.32. The maximum absolute atomic E-state index is 12.1. The highest BCUT2D eigenvalue weighted by atomic mass is 32.2. The Morgan fingerprint density at radius 3 is 2.83 bits per heavy atom. The fraction of sp³-hybridized carbons (Fsp3) is 0.417. The van der Waals surface area contributed by atoms with E-state index in [0.29, 0.717) is 5.69 Å². The van der Waals surface area contributed by atoms with Gasteiger partial charge in [0, 0.05) is 11.7 Å². The van der Waals surface area contributed by atoms with Crippen molar-refractivity contribution >= 4 is 21.6 Å². The fourth-order valence-electron chi connectivity index (χ4n) is 1.79. The quantitative estimate of drug-likeness (QED) is 0.863. The molecule has 2 N–H and O–H groups in total. The third kappa shape index (κ3) is 2.54. The van der Waals surface area contributed by atoms with E-state index in [1.165, 1.54) is 6.07 Å². The van der Waals surface area contributed by atoms with Crippen molar-refractivity contribution in [2.24, 2.45) is 0 Å². The number of hydrogen-bond acceptors (Lipinski definition) is 3. The van der Waals surface area contributed by atoms with Crippen molar-refractivity contribution in [1.82, 2.24) is 4.72 Å². The van der Waals surface area contributed by atoms with Gasteiger partial charge in [0.25, 0.3) is 0 Å². The number of carbonyl (C=O) groups excluding carboxylic acids is 1. The average Bonchev–Trinajstić information content (AvgIpc) is 2.67. The van der Waals surface area contributed by atoms with E-state index >= 15 is 0 Å². The summed E-state index contributed by atoms with van der Waals surface area (Å²) in [5.41, 5.74) is 1.43. The first-order valence-corrected chi connectivity index (χ1v) is 7.36. The second-order valence-electron chi connectivity index (χ2n) is 4.47. The van der Waals surface area contributed by atoms with Gasteiger partial charge in [-0.3, -0.25) is 4.79 Å². The van der Waals surface area contributed by atoms with Crippen LogP contribution >= 0.6 is 0 Å². The molecular formula is C12H16N2O3S. The molecule has 0 saturated carbocycles. The molecule has 5 nitrogen and oxygen atoms in total. The zero-order valence-corrected chi connectivity index (χ0v) is 11.2. The number of amides is 1. The maximum Gasteiger partial charge on any atom is 0.240 e. The van der Waals surface area contributed by atoms with Crippen molar-refractivity contribution in [3.8, 4) is 0 Å². The summed E-state index contributed by atoms with van der Waals surface area (Å²) in [5, 5.41) is 2.67. The van der Waals surface area contributed by atoms with E-state index in [4.69, 9.17) is 0 Å². The van der Waals surface area contributed by atoms with Crippen LogP contribution in [0, 0.1) is 0 Å². The zero-order chi connectivity index (χ0) is 13.3. The number of fused-ring (bicyclic) bond motifs is 1. The smallest absolute Gasteiger partial charge is 0.240 e. The van der Waals surface area contributed by atoms with Gasteiger partial charge in [-0.05, 0) is 37.1 Å². The fourth-order valence-corrected chi connectivity index (χ4v) is 3.17. The molecule has 1 aliphatic rings. The van der Waals surface area contributed by atoms with Crippen LogP contribution in [0.1, 0.15) is 25.8 Å². The number of carbonyl (C=O) groups is 1. The van der Waals surface area contributed by atoms with Crippen LogP contribution in [0.3, 0.4) is 0 Å². The zero-order valence-electron chi connectivity index (χ0n) is 10.4. The molecule has 6 heteroatoms. The van der Waals surface area contributed by atoms with Crippen LogP contribution in [0.15, 0.2) is 23.1 Å². The molecule has 0 fully saturated rings. The Labute approximate surface area is 107 Å². The Bertz CT molecular complexity index is 581. The van der Waals surface area contributed by atoms with Crippen molar-refractivity contribution in [3.63, 3.8) is 0 Å². The highest BCUT2D eigenvalue weighted by molar-refractivity contribution is 7.89.